The molecule has 0 bridgehead atoms. The predicted molar refractivity (Wildman–Crippen MR) is 50.4 cm³/mol. The lowest BCUT2D eigenvalue weighted by molar-refractivity contribution is 0.181. The number of aromatic nitrogens is 2. The SMILES string of the molecule is COCc1cn2c(n1)CCC(C)C2. The van der Waals surface area contributed by atoms with Crippen molar-refractivity contribution >= 4 is 0 Å². The van der Waals surface area contributed by atoms with Gasteiger partial charge in [0.05, 0.1) is 12.3 Å². The Morgan fingerprint density at radius 3 is 3.31 bits per heavy atom. The number of nitrogens with zero attached hydrogens (tertiary/aromatic N) is 2. The number of hydrogen-bond acceptors (Lipinski definition) is 2. The molecule has 72 valence electrons. The van der Waals surface area contributed by atoms with Crippen molar-refractivity contribution < 1.29 is 4.74 Å². The largest absolute Gasteiger partial charge is 0.378 e. The molecule has 0 spiro atoms. The van der Waals surface area contributed by atoms with Crippen LogP contribution in [-0.4, -0.2) is 16.7 Å². The Kier molecular flexibility index (Phi) is 2.36. The van der Waals surface area contributed by atoms with Crippen molar-refractivity contribution in [2.24, 2.45) is 5.92 Å². The number of methoxy groups -OCH3 is 1. The van der Waals surface area contributed by atoms with Gasteiger partial charge in [0.2, 0.25) is 0 Å². The summed E-state index contributed by atoms with van der Waals surface area (Å²) in [7, 11) is 1.71. The number of imidazole rings is 1. The molecule has 0 N–H and O–H groups in total. The zero-order chi connectivity index (χ0) is 9.26. The van der Waals surface area contributed by atoms with Crippen molar-refractivity contribution in [2.45, 2.75) is 32.9 Å². The zero-order valence-corrected chi connectivity index (χ0v) is 8.29. The maximum Gasteiger partial charge on any atom is 0.109 e. The predicted octanol–water partition coefficient (Wildman–Crippen LogP) is 1.61. The van der Waals surface area contributed by atoms with Gasteiger partial charge >= 0.3 is 0 Å². The molecule has 3 heteroatoms. The second kappa shape index (κ2) is 3.50. The molecule has 1 aromatic heterocycles. The first-order chi connectivity index (χ1) is 6.29. The van der Waals surface area contributed by atoms with Gasteiger partial charge < -0.3 is 9.30 Å². The molecular weight excluding hydrogens is 164 g/mol. The first-order valence-electron chi connectivity index (χ1n) is 4.83. The molecule has 0 amide bonds. The van der Waals surface area contributed by atoms with Crippen LogP contribution in [0.1, 0.15) is 24.9 Å². The second-order valence-corrected chi connectivity index (χ2v) is 3.88. The zero-order valence-electron chi connectivity index (χ0n) is 8.29. The molecule has 0 saturated heterocycles. The summed E-state index contributed by atoms with van der Waals surface area (Å²) in [6.45, 7) is 4.04. The van der Waals surface area contributed by atoms with Crippen molar-refractivity contribution in [3.8, 4) is 0 Å². The summed E-state index contributed by atoms with van der Waals surface area (Å²) in [5.74, 6) is 2.02. The van der Waals surface area contributed by atoms with Gasteiger partial charge in [-0.05, 0) is 12.3 Å². The molecule has 1 aliphatic rings. The highest BCUT2D eigenvalue weighted by Gasteiger charge is 2.16. The van der Waals surface area contributed by atoms with Crippen molar-refractivity contribution in [3.05, 3.63) is 17.7 Å². The fraction of sp³-hybridized carbons (Fsp3) is 0.700. The summed E-state index contributed by atoms with van der Waals surface area (Å²) in [6, 6.07) is 0. The molecule has 1 aliphatic heterocycles. The van der Waals surface area contributed by atoms with Crippen LogP contribution < -0.4 is 0 Å². The van der Waals surface area contributed by atoms with Crippen LogP contribution in [0, 0.1) is 5.92 Å². The van der Waals surface area contributed by atoms with Crippen LogP contribution >= 0.6 is 0 Å². The Bertz CT molecular complexity index is 293. The monoisotopic (exact) mass is 180 g/mol. The third kappa shape index (κ3) is 1.75. The lowest BCUT2D eigenvalue weighted by Crippen LogP contribution is -2.17. The van der Waals surface area contributed by atoms with Gasteiger partial charge in [0.15, 0.2) is 0 Å². The molecule has 0 aliphatic carbocycles. The lowest BCUT2D eigenvalue weighted by atomic mass is 10.0. The van der Waals surface area contributed by atoms with Gasteiger partial charge in [0, 0.05) is 26.3 Å². The van der Waals surface area contributed by atoms with Crippen LogP contribution in [-0.2, 0) is 24.3 Å². The van der Waals surface area contributed by atoms with Gasteiger partial charge in [-0.15, -0.1) is 0 Å². The summed E-state index contributed by atoms with van der Waals surface area (Å²) in [5, 5.41) is 0. The van der Waals surface area contributed by atoms with E-state index in [1.54, 1.807) is 7.11 Å². The van der Waals surface area contributed by atoms with Crippen LogP contribution in [0.5, 0.6) is 0 Å². The minimum atomic E-state index is 0.633. The van der Waals surface area contributed by atoms with Gasteiger partial charge in [-0.1, -0.05) is 6.92 Å². The van der Waals surface area contributed by atoms with Crippen LogP contribution in [0.3, 0.4) is 0 Å². The van der Waals surface area contributed by atoms with E-state index in [0.29, 0.717) is 6.61 Å². The van der Waals surface area contributed by atoms with Crippen molar-refractivity contribution in [1.29, 1.82) is 0 Å². The molecule has 0 aromatic carbocycles. The van der Waals surface area contributed by atoms with Gasteiger partial charge in [-0.2, -0.15) is 0 Å². The van der Waals surface area contributed by atoms with Crippen molar-refractivity contribution in [3.63, 3.8) is 0 Å². The molecule has 2 heterocycles. The maximum atomic E-state index is 5.06. The summed E-state index contributed by atoms with van der Waals surface area (Å²) >= 11 is 0. The summed E-state index contributed by atoms with van der Waals surface area (Å²) in [4.78, 5) is 4.51. The smallest absolute Gasteiger partial charge is 0.109 e. The summed E-state index contributed by atoms with van der Waals surface area (Å²) in [6.07, 6.45) is 4.50. The average Bonchev–Trinajstić information content (AvgIpc) is 2.46. The topological polar surface area (TPSA) is 27.1 Å². The number of aryl methyl sites for hydroxylation is 1. The van der Waals surface area contributed by atoms with Crippen molar-refractivity contribution in [2.75, 3.05) is 7.11 Å². The van der Waals surface area contributed by atoms with Gasteiger partial charge in [-0.25, -0.2) is 4.98 Å². The molecule has 1 unspecified atom stereocenters. The first kappa shape index (κ1) is 8.75. The highest BCUT2D eigenvalue weighted by atomic mass is 16.5. The van der Waals surface area contributed by atoms with E-state index in [1.165, 1.54) is 12.2 Å². The Morgan fingerprint density at radius 1 is 1.69 bits per heavy atom. The highest BCUT2D eigenvalue weighted by Crippen LogP contribution is 2.19. The van der Waals surface area contributed by atoms with Crippen LogP contribution in [0.15, 0.2) is 6.20 Å². The van der Waals surface area contributed by atoms with Crippen molar-refractivity contribution in [1.82, 2.24) is 9.55 Å². The number of rotatable bonds is 2. The van der Waals surface area contributed by atoms with Crippen LogP contribution in [0.4, 0.5) is 0 Å². The second-order valence-electron chi connectivity index (χ2n) is 3.88. The molecule has 13 heavy (non-hydrogen) atoms. The van der Waals surface area contributed by atoms with Gasteiger partial charge in [0.1, 0.15) is 5.82 Å². The third-order valence-electron chi connectivity index (χ3n) is 2.57. The third-order valence-corrected chi connectivity index (χ3v) is 2.57. The first-order valence-corrected chi connectivity index (χ1v) is 4.83. The Balaban J connectivity index is 2.18. The molecule has 2 rings (SSSR count). The maximum absolute atomic E-state index is 5.06. The number of hydrogen-bond donors (Lipinski definition) is 0. The lowest BCUT2D eigenvalue weighted by Gasteiger charge is -2.19. The highest BCUT2D eigenvalue weighted by molar-refractivity contribution is 5.05. The van der Waals surface area contributed by atoms with E-state index in [9.17, 15) is 0 Å². The van der Waals surface area contributed by atoms with Gasteiger partial charge in [-0.3, -0.25) is 0 Å². The molecule has 0 radical (unpaired) electrons. The van der Waals surface area contributed by atoms with Crippen LogP contribution in [0.25, 0.3) is 0 Å². The Labute approximate surface area is 78.7 Å². The molecule has 0 fully saturated rings. The summed E-state index contributed by atoms with van der Waals surface area (Å²) < 4.78 is 7.32. The van der Waals surface area contributed by atoms with E-state index in [-0.39, 0.29) is 0 Å². The minimum Gasteiger partial charge on any atom is -0.378 e. The van der Waals surface area contributed by atoms with E-state index < -0.39 is 0 Å². The fourth-order valence-corrected chi connectivity index (χ4v) is 1.89. The Hall–Kier alpha value is -0.830. The summed E-state index contributed by atoms with van der Waals surface area (Å²) in [5.41, 5.74) is 1.06. The fourth-order valence-electron chi connectivity index (χ4n) is 1.89. The Morgan fingerprint density at radius 2 is 2.54 bits per heavy atom. The molecular formula is C10H16N2O. The van der Waals surface area contributed by atoms with E-state index in [1.807, 2.05) is 0 Å². The number of ether oxygens (including phenoxy) is 1. The molecule has 1 atom stereocenters. The average molecular weight is 180 g/mol. The molecule has 1 aromatic rings. The van der Waals surface area contributed by atoms with E-state index in [2.05, 4.69) is 22.7 Å². The molecule has 3 nitrogen and oxygen atoms in total. The number of fused-ring (bicyclic) bond motifs is 1. The van der Waals surface area contributed by atoms with E-state index >= 15 is 0 Å². The standard InChI is InChI=1S/C10H16N2O/c1-8-3-4-10-11-9(7-13-2)6-12(10)5-8/h6,8H,3-5,7H2,1-2H3. The van der Waals surface area contributed by atoms with E-state index in [0.717, 1.165) is 24.6 Å². The normalized spacial score (nSPS) is 21.5. The van der Waals surface area contributed by atoms with Crippen LogP contribution in [0.2, 0.25) is 0 Å². The quantitative estimate of drug-likeness (QED) is 0.691. The van der Waals surface area contributed by atoms with E-state index in [4.69, 9.17) is 4.74 Å². The molecule has 0 saturated carbocycles. The minimum absolute atomic E-state index is 0.633. The van der Waals surface area contributed by atoms with Gasteiger partial charge in [0.25, 0.3) is 0 Å².